The van der Waals surface area contributed by atoms with Crippen LogP contribution in [0.4, 0.5) is 0 Å². The number of rotatable bonds is 4. The van der Waals surface area contributed by atoms with E-state index >= 15 is 0 Å². The molecule has 0 aliphatic carbocycles. The van der Waals surface area contributed by atoms with Gasteiger partial charge in [-0.25, -0.2) is 0 Å². The standard InChI is InChI=1S/C22H36O7P2/c1-21(2,3)17-13-16(14-18(20(17)23)22(4,5)6)15-19(30(24)26-9-7-10-27-30)31(25)28-11-8-12-29-31/h13-14,19,23H,7-12,15H2,1-6H3. The number of aromatic hydroxyl groups is 1. The highest BCUT2D eigenvalue weighted by Crippen LogP contribution is 2.72. The van der Waals surface area contributed by atoms with Crippen molar-refractivity contribution >= 4 is 15.2 Å². The van der Waals surface area contributed by atoms with Crippen molar-refractivity contribution in [2.45, 2.75) is 77.0 Å². The van der Waals surface area contributed by atoms with Crippen LogP contribution in [-0.2, 0) is 44.5 Å². The van der Waals surface area contributed by atoms with E-state index in [1.807, 2.05) is 53.7 Å². The quantitative estimate of drug-likeness (QED) is 0.526. The summed E-state index contributed by atoms with van der Waals surface area (Å²) in [4.78, 5) is 0. The van der Waals surface area contributed by atoms with Crippen LogP contribution >= 0.6 is 15.2 Å². The second-order valence-corrected chi connectivity index (χ2v) is 15.2. The Hall–Kier alpha value is -0.680. The Morgan fingerprint density at radius 3 is 1.48 bits per heavy atom. The smallest absolute Gasteiger partial charge is 0.346 e. The first-order valence-corrected chi connectivity index (χ1v) is 14.1. The Morgan fingerprint density at radius 2 is 1.16 bits per heavy atom. The highest BCUT2D eigenvalue weighted by molar-refractivity contribution is 7.72. The average molecular weight is 474 g/mol. The van der Waals surface area contributed by atoms with Crippen molar-refractivity contribution in [2.24, 2.45) is 0 Å². The van der Waals surface area contributed by atoms with E-state index in [0.717, 1.165) is 16.7 Å². The topological polar surface area (TPSA) is 91.3 Å². The van der Waals surface area contributed by atoms with Crippen LogP contribution in [0.1, 0.15) is 71.1 Å². The van der Waals surface area contributed by atoms with Crippen LogP contribution in [0, 0.1) is 0 Å². The van der Waals surface area contributed by atoms with Crippen LogP contribution in [0.2, 0.25) is 0 Å². The molecular formula is C22H36O7P2. The molecule has 31 heavy (non-hydrogen) atoms. The lowest BCUT2D eigenvalue weighted by Gasteiger charge is -2.36. The predicted molar refractivity (Wildman–Crippen MR) is 121 cm³/mol. The molecule has 0 bridgehead atoms. The molecule has 176 valence electrons. The molecular weight excluding hydrogens is 438 g/mol. The molecule has 2 aliphatic heterocycles. The van der Waals surface area contributed by atoms with Gasteiger partial charge in [0.05, 0.1) is 26.4 Å². The van der Waals surface area contributed by atoms with Crippen LogP contribution in [0.25, 0.3) is 0 Å². The van der Waals surface area contributed by atoms with Crippen LogP contribution in [-0.4, -0.2) is 36.9 Å². The molecule has 9 heteroatoms. The third-order valence-electron chi connectivity index (χ3n) is 5.60. The summed E-state index contributed by atoms with van der Waals surface area (Å²) in [5.41, 5.74) is 1.71. The molecule has 0 saturated carbocycles. The van der Waals surface area contributed by atoms with E-state index in [1.54, 1.807) is 0 Å². The third-order valence-corrected chi connectivity index (χ3v) is 11.3. The Labute approximate surface area is 185 Å². The van der Waals surface area contributed by atoms with Gasteiger partial charge in [0.1, 0.15) is 5.75 Å². The van der Waals surface area contributed by atoms with Crippen molar-refractivity contribution in [3.63, 3.8) is 0 Å². The molecule has 0 amide bonds. The van der Waals surface area contributed by atoms with Crippen molar-refractivity contribution in [2.75, 3.05) is 26.4 Å². The second-order valence-electron chi connectivity index (χ2n) is 10.3. The van der Waals surface area contributed by atoms with E-state index in [4.69, 9.17) is 18.1 Å². The molecule has 1 aromatic rings. The van der Waals surface area contributed by atoms with Crippen molar-refractivity contribution in [1.82, 2.24) is 0 Å². The van der Waals surface area contributed by atoms with Gasteiger partial charge in [-0.1, -0.05) is 53.7 Å². The number of phenols is 1. The van der Waals surface area contributed by atoms with E-state index in [9.17, 15) is 14.2 Å². The van der Waals surface area contributed by atoms with E-state index in [1.165, 1.54) is 0 Å². The molecule has 3 rings (SSSR count). The van der Waals surface area contributed by atoms with Gasteiger partial charge < -0.3 is 23.2 Å². The van der Waals surface area contributed by atoms with E-state index in [0.29, 0.717) is 12.8 Å². The van der Waals surface area contributed by atoms with Gasteiger partial charge in [-0.2, -0.15) is 0 Å². The summed E-state index contributed by atoms with van der Waals surface area (Å²) < 4.78 is 49.6. The van der Waals surface area contributed by atoms with Gasteiger partial charge >= 0.3 is 15.2 Å². The summed E-state index contributed by atoms with van der Waals surface area (Å²) in [6, 6.07) is 3.79. The van der Waals surface area contributed by atoms with Gasteiger partial charge in [0.2, 0.25) is 0 Å². The van der Waals surface area contributed by atoms with Crippen molar-refractivity contribution < 1.29 is 32.3 Å². The van der Waals surface area contributed by atoms with Crippen LogP contribution < -0.4 is 0 Å². The van der Waals surface area contributed by atoms with Gasteiger partial charge in [0.25, 0.3) is 0 Å². The minimum Gasteiger partial charge on any atom is -0.507 e. The molecule has 0 unspecified atom stereocenters. The van der Waals surface area contributed by atoms with Gasteiger partial charge in [0.15, 0.2) is 5.40 Å². The minimum atomic E-state index is -3.72. The number of benzene rings is 1. The maximum absolute atomic E-state index is 13.6. The summed E-state index contributed by atoms with van der Waals surface area (Å²) >= 11 is 0. The summed E-state index contributed by atoms with van der Waals surface area (Å²) in [7, 11) is -7.44. The molecule has 0 aromatic heterocycles. The Morgan fingerprint density at radius 1 is 0.806 bits per heavy atom. The summed E-state index contributed by atoms with van der Waals surface area (Å²) in [6.07, 6.45) is 1.40. The fraction of sp³-hybridized carbons (Fsp3) is 0.727. The van der Waals surface area contributed by atoms with Gasteiger partial charge in [-0.05, 0) is 46.8 Å². The minimum absolute atomic E-state index is 0.140. The van der Waals surface area contributed by atoms with E-state index < -0.39 is 20.6 Å². The number of hydrogen-bond donors (Lipinski definition) is 1. The van der Waals surface area contributed by atoms with E-state index in [-0.39, 0.29) is 49.4 Å². The normalized spacial score (nSPS) is 21.9. The molecule has 0 spiro atoms. The maximum Gasteiger partial charge on any atom is 0.346 e. The third kappa shape index (κ3) is 5.46. The highest BCUT2D eigenvalue weighted by atomic mass is 31.2. The van der Waals surface area contributed by atoms with Gasteiger partial charge in [-0.3, -0.25) is 9.13 Å². The first kappa shape index (κ1) is 25.0. The fourth-order valence-electron chi connectivity index (χ4n) is 3.87. The molecule has 2 saturated heterocycles. The molecule has 1 N–H and O–H groups in total. The van der Waals surface area contributed by atoms with Gasteiger partial charge in [-0.15, -0.1) is 0 Å². The van der Waals surface area contributed by atoms with Crippen molar-refractivity contribution in [3.8, 4) is 5.75 Å². The van der Waals surface area contributed by atoms with Crippen LogP contribution in [0.3, 0.4) is 0 Å². The Kier molecular flexibility index (Phi) is 7.19. The largest absolute Gasteiger partial charge is 0.507 e. The monoisotopic (exact) mass is 474 g/mol. The molecule has 1 aromatic carbocycles. The second kappa shape index (κ2) is 8.93. The lowest BCUT2D eigenvalue weighted by atomic mass is 9.78. The lowest BCUT2D eigenvalue weighted by Crippen LogP contribution is -2.26. The SMILES string of the molecule is CC(C)(C)c1cc(CC(P2(=O)OCCCO2)P2(=O)OCCCO2)cc(C(C)(C)C)c1O. The van der Waals surface area contributed by atoms with Crippen molar-refractivity contribution in [3.05, 3.63) is 28.8 Å². The Bertz CT molecular complexity index is 811. The van der Waals surface area contributed by atoms with E-state index in [2.05, 4.69) is 0 Å². The molecule has 2 fully saturated rings. The molecule has 2 aliphatic rings. The van der Waals surface area contributed by atoms with Crippen molar-refractivity contribution in [1.29, 1.82) is 0 Å². The summed E-state index contributed by atoms with van der Waals surface area (Å²) in [5.74, 6) is 0.258. The zero-order valence-corrected chi connectivity index (χ0v) is 21.3. The van der Waals surface area contributed by atoms with Crippen LogP contribution in [0.15, 0.2) is 12.1 Å². The maximum atomic E-state index is 13.6. The Balaban J connectivity index is 2.10. The average Bonchev–Trinajstić information content (AvgIpc) is 2.66. The lowest BCUT2D eigenvalue weighted by molar-refractivity contribution is 0.125. The summed E-state index contributed by atoms with van der Waals surface area (Å²) in [5, 5.41) is 9.96. The molecule has 2 heterocycles. The first-order valence-electron chi connectivity index (χ1n) is 10.9. The number of hydrogen-bond acceptors (Lipinski definition) is 7. The molecule has 7 nitrogen and oxygen atoms in total. The summed E-state index contributed by atoms with van der Waals surface area (Å²) in [6.45, 7) is 13.3. The van der Waals surface area contributed by atoms with Crippen LogP contribution in [0.5, 0.6) is 5.75 Å². The predicted octanol–water partition coefficient (Wildman–Crippen LogP) is 6.12. The fourth-order valence-corrected chi connectivity index (χ4v) is 9.29. The molecule has 0 radical (unpaired) electrons. The highest BCUT2D eigenvalue weighted by Gasteiger charge is 2.52. The van der Waals surface area contributed by atoms with Gasteiger partial charge in [0, 0.05) is 0 Å². The number of phenolic OH excluding ortho intramolecular Hbond substituents is 1. The zero-order valence-electron chi connectivity index (χ0n) is 19.5. The zero-order chi connectivity index (χ0) is 23.1. The molecule has 0 atom stereocenters. The first-order chi connectivity index (χ1) is 14.3.